The van der Waals surface area contributed by atoms with E-state index in [1.54, 1.807) is 19.1 Å². The SMILES string of the molecule is C[C@H](OC(=O)c1ccccn1)c1nnc(-c2ccc([N+](=O)[O-])cc2)o1. The zero-order valence-corrected chi connectivity index (χ0v) is 13.0. The topological polar surface area (TPSA) is 121 Å². The zero-order chi connectivity index (χ0) is 17.8. The second kappa shape index (κ2) is 6.87. The predicted molar refractivity (Wildman–Crippen MR) is 84.5 cm³/mol. The molecule has 0 aliphatic carbocycles. The molecular formula is C16H12N4O5. The highest BCUT2D eigenvalue weighted by Gasteiger charge is 2.20. The molecule has 0 amide bonds. The fourth-order valence-corrected chi connectivity index (χ4v) is 2.00. The summed E-state index contributed by atoms with van der Waals surface area (Å²) >= 11 is 0. The summed E-state index contributed by atoms with van der Waals surface area (Å²) in [5.74, 6) is -0.327. The van der Waals surface area contributed by atoms with Crippen molar-refractivity contribution >= 4 is 11.7 Å². The van der Waals surface area contributed by atoms with Gasteiger partial charge in [-0.25, -0.2) is 9.78 Å². The average Bonchev–Trinajstić information content (AvgIpc) is 3.13. The maximum absolute atomic E-state index is 12.0. The average molecular weight is 340 g/mol. The van der Waals surface area contributed by atoms with Crippen LogP contribution in [-0.4, -0.2) is 26.1 Å². The Morgan fingerprint density at radius 2 is 1.96 bits per heavy atom. The van der Waals surface area contributed by atoms with Gasteiger partial charge >= 0.3 is 5.97 Å². The molecule has 9 nitrogen and oxygen atoms in total. The van der Waals surface area contributed by atoms with E-state index in [0.717, 1.165) is 0 Å². The lowest BCUT2D eigenvalue weighted by Crippen LogP contribution is -2.10. The van der Waals surface area contributed by atoms with Crippen molar-refractivity contribution in [2.24, 2.45) is 0 Å². The van der Waals surface area contributed by atoms with Crippen LogP contribution in [0.15, 0.2) is 53.1 Å². The van der Waals surface area contributed by atoms with Crippen molar-refractivity contribution in [3.63, 3.8) is 0 Å². The van der Waals surface area contributed by atoms with Crippen molar-refractivity contribution in [2.45, 2.75) is 13.0 Å². The summed E-state index contributed by atoms with van der Waals surface area (Å²) in [6.07, 6.45) is 0.717. The first-order valence-corrected chi connectivity index (χ1v) is 7.25. The van der Waals surface area contributed by atoms with Gasteiger partial charge in [-0.2, -0.15) is 0 Å². The molecule has 3 rings (SSSR count). The number of esters is 1. The third kappa shape index (κ3) is 3.66. The Morgan fingerprint density at radius 1 is 1.20 bits per heavy atom. The van der Waals surface area contributed by atoms with Gasteiger partial charge in [0.2, 0.25) is 5.89 Å². The number of pyridine rings is 1. The predicted octanol–water partition coefficient (Wildman–Crippen LogP) is 2.96. The van der Waals surface area contributed by atoms with Crippen LogP contribution in [0, 0.1) is 10.1 Å². The summed E-state index contributed by atoms with van der Waals surface area (Å²) in [4.78, 5) is 26.0. The minimum absolute atomic E-state index is 0.0406. The summed E-state index contributed by atoms with van der Waals surface area (Å²) in [5.41, 5.74) is 0.651. The number of carbonyl (C=O) groups excluding carboxylic acids is 1. The Morgan fingerprint density at radius 3 is 2.60 bits per heavy atom. The number of benzene rings is 1. The molecule has 0 fully saturated rings. The minimum atomic E-state index is -0.770. The van der Waals surface area contributed by atoms with Gasteiger partial charge < -0.3 is 9.15 Å². The molecule has 0 unspecified atom stereocenters. The molecule has 0 bridgehead atoms. The van der Waals surface area contributed by atoms with Crippen molar-refractivity contribution in [3.05, 3.63) is 70.4 Å². The van der Waals surface area contributed by atoms with Gasteiger partial charge in [0.1, 0.15) is 5.69 Å². The monoisotopic (exact) mass is 340 g/mol. The maximum Gasteiger partial charge on any atom is 0.357 e. The fourth-order valence-electron chi connectivity index (χ4n) is 2.00. The number of hydrogen-bond acceptors (Lipinski definition) is 8. The first-order chi connectivity index (χ1) is 12.0. The van der Waals surface area contributed by atoms with Crippen LogP contribution in [0.3, 0.4) is 0 Å². The van der Waals surface area contributed by atoms with Crippen LogP contribution in [0.5, 0.6) is 0 Å². The Labute approximate surface area is 141 Å². The van der Waals surface area contributed by atoms with E-state index in [1.807, 2.05) is 0 Å². The van der Waals surface area contributed by atoms with Gasteiger partial charge in [-0.3, -0.25) is 10.1 Å². The number of hydrogen-bond donors (Lipinski definition) is 0. The van der Waals surface area contributed by atoms with Gasteiger partial charge in [-0.1, -0.05) is 6.07 Å². The lowest BCUT2D eigenvalue weighted by atomic mass is 10.2. The molecule has 126 valence electrons. The van der Waals surface area contributed by atoms with Crippen molar-refractivity contribution in [2.75, 3.05) is 0 Å². The molecule has 0 spiro atoms. The molecule has 2 aromatic heterocycles. The molecule has 1 atom stereocenters. The quantitative estimate of drug-likeness (QED) is 0.395. The largest absolute Gasteiger partial charge is 0.448 e. The van der Waals surface area contributed by atoms with Crippen LogP contribution < -0.4 is 0 Å². The Kier molecular flexibility index (Phi) is 4.46. The number of nitro benzene ring substituents is 1. The van der Waals surface area contributed by atoms with Crippen LogP contribution in [0.25, 0.3) is 11.5 Å². The number of nitro groups is 1. The Hall–Kier alpha value is -3.62. The molecule has 3 aromatic rings. The van der Waals surface area contributed by atoms with Crippen LogP contribution in [-0.2, 0) is 4.74 Å². The summed E-state index contributed by atoms with van der Waals surface area (Å²) in [6, 6.07) is 10.6. The zero-order valence-electron chi connectivity index (χ0n) is 13.0. The molecule has 0 N–H and O–H groups in total. The third-order valence-electron chi connectivity index (χ3n) is 3.27. The maximum atomic E-state index is 12.0. The van der Waals surface area contributed by atoms with E-state index < -0.39 is 17.0 Å². The van der Waals surface area contributed by atoms with E-state index in [9.17, 15) is 14.9 Å². The molecule has 0 aliphatic rings. The second-order valence-electron chi connectivity index (χ2n) is 5.01. The summed E-state index contributed by atoms with van der Waals surface area (Å²) in [5, 5.41) is 18.4. The van der Waals surface area contributed by atoms with Gasteiger partial charge in [0.15, 0.2) is 6.10 Å². The molecule has 2 heterocycles. The minimum Gasteiger partial charge on any atom is -0.448 e. The van der Waals surface area contributed by atoms with E-state index in [-0.39, 0.29) is 23.2 Å². The van der Waals surface area contributed by atoms with E-state index in [0.29, 0.717) is 5.56 Å². The highest BCUT2D eigenvalue weighted by molar-refractivity contribution is 5.87. The second-order valence-corrected chi connectivity index (χ2v) is 5.01. The fraction of sp³-hybridized carbons (Fsp3) is 0.125. The van der Waals surface area contributed by atoms with Crippen molar-refractivity contribution in [3.8, 4) is 11.5 Å². The molecular weight excluding hydrogens is 328 g/mol. The van der Waals surface area contributed by atoms with E-state index in [2.05, 4.69) is 15.2 Å². The van der Waals surface area contributed by atoms with Gasteiger partial charge in [0, 0.05) is 23.9 Å². The van der Waals surface area contributed by atoms with Gasteiger partial charge in [0.25, 0.3) is 11.6 Å². The summed E-state index contributed by atoms with van der Waals surface area (Å²) < 4.78 is 10.7. The number of aromatic nitrogens is 3. The Bertz CT molecular complexity index is 892. The molecule has 0 saturated heterocycles. The first-order valence-electron chi connectivity index (χ1n) is 7.25. The molecule has 0 saturated carbocycles. The summed E-state index contributed by atoms with van der Waals surface area (Å²) in [6.45, 7) is 1.59. The number of ether oxygens (including phenoxy) is 1. The van der Waals surface area contributed by atoms with Crippen LogP contribution >= 0.6 is 0 Å². The summed E-state index contributed by atoms with van der Waals surface area (Å²) in [7, 11) is 0. The van der Waals surface area contributed by atoms with Gasteiger partial charge in [-0.15, -0.1) is 10.2 Å². The van der Waals surface area contributed by atoms with E-state index in [1.165, 1.54) is 36.5 Å². The van der Waals surface area contributed by atoms with Crippen LogP contribution in [0.2, 0.25) is 0 Å². The molecule has 25 heavy (non-hydrogen) atoms. The number of carbonyl (C=O) groups is 1. The van der Waals surface area contributed by atoms with Gasteiger partial charge in [-0.05, 0) is 31.2 Å². The third-order valence-corrected chi connectivity index (χ3v) is 3.27. The lowest BCUT2D eigenvalue weighted by molar-refractivity contribution is -0.384. The number of non-ortho nitro benzene ring substituents is 1. The Balaban J connectivity index is 1.72. The molecule has 1 aromatic carbocycles. The molecule has 0 radical (unpaired) electrons. The highest BCUT2D eigenvalue weighted by Crippen LogP contribution is 2.24. The highest BCUT2D eigenvalue weighted by atomic mass is 16.6. The lowest BCUT2D eigenvalue weighted by Gasteiger charge is -2.08. The van der Waals surface area contributed by atoms with Crippen LogP contribution in [0.4, 0.5) is 5.69 Å². The number of rotatable bonds is 5. The molecule has 9 heteroatoms. The van der Waals surface area contributed by atoms with Crippen molar-refractivity contribution in [1.82, 2.24) is 15.2 Å². The van der Waals surface area contributed by atoms with Gasteiger partial charge in [0.05, 0.1) is 4.92 Å². The number of nitrogens with zero attached hydrogens (tertiary/aromatic N) is 4. The van der Waals surface area contributed by atoms with Crippen molar-refractivity contribution in [1.29, 1.82) is 0 Å². The normalized spacial score (nSPS) is 11.7. The first kappa shape index (κ1) is 16.2. The van der Waals surface area contributed by atoms with E-state index in [4.69, 9.17) is 9.15 Å². The van der Waals surface area contributed by atoms with Crippen LogP contribution in [0.1, 0.15) is 29.4 Å². The standard InChI is InChI=1S/C16H12N4O5/c1-10(24-16(21)13-4-2-3-9-17-13)14-18-19-15(25-14)11-5-7-12(8-6-11)20(22)23/h2-10H,1H3/t10-/m0/s1. The van der Waals surface area contributed by atoms with Crippen molar-refractivity contribution < 1.29 is 18.9 Å². The van der Waals surface area contributed by atoms with E-state index >= 15 is 0 Å². The smallest absolute Gasteiger partial charge is 0.357 e. The molecule has 0 aliphatic heterocycles.